The van der Waals surface area contributed by atoms with Crippen molar-refractivity contribution in [3.63, 3.8) is 0 Å². The summed E-state index contributed by atoms with van der Waals surface area (Å²) in [5.41, 5.74) is 3.56. The molecule has 0 saturated heterocycles. The van der Waals surface area contributed by atoms with Crippen molar-refractivity contribution in [2.75, 3.05) is 0 Å². The van der Waals surface area contributed by atoms with Crippen LogP contribution in [0.25, 0.3) is 0 Å². The zero-order valence-corrected chi connectivity index (χ0v) is 10.3. The summed E-state index contributed by atoms with van der Waals surface area (Å²) in [5, 5.41) is 0. The molecule has 0 nitrogen and oxygen atoms in total. The van der Waals surface area contributed by atoms with Crippen molar-refractivity contribution in [2.45, 2.75) is 26.2 Å². The van der Waals surface area contributed by atoms with Crippen LogP contribution in [0.1, 0.15) is 36.0 Å². The van der Waals surface area contributed by atoms with Crippen LogP contribution in [0.4, 0.5) is 4.39 Å². The van der Waals surface area contributed by atoms with E-state index in [1.54, 1.807) is 12.1 Å². The molecule has 0 aliphatic heterocycles. The average molecular weight is 228 g/mol. The molecule has 2 aromatic rings. The molecule has 2 rings (SSSR count). The molecule has 0 aliphatic rings. The van der Waals surface area contributed by atoms with Crippen molar-refractivity contribution < 1.29 is 4.39 Å². The predicted octanol–water partition coefficient (Wildman–Crippen LogP) is 4.68. The summed E-state index contributed by atoms with van der Waals surface area (Å²) < 4.78 is 13.2. The Morgan fingerprint density at radius 2 is 1.71 bits per heavy atom. The molecule has 88 valence electrons. The van der Waals surface area contributed by atoms with E-state index in [9.17, 15) is 4.39 Å². The topological polar surface area (TPSA) is 0 Å². The van der Waals surface area contributed by atoms with Crippen LogP contribution in [0, 0.1) is 12.7 Å². The molecule has 0 spiro atoms. The van der Waals surface area contributed by atoms with Crippen molar-refractivity contribution in [2.24, 2.45) is 0 Å². The van der Waals surface area contributed by atoms with Gasteiger partial charge in [0.1, 0.15) is 5.82 Å². The summed E-state index contributed by atoms with van der Waals surface area (Å²) in [5.74, 6) is 0.124. The van der Waals surface area contributed by atoms with Gasteiger partial charge in [0.25, 0.3) is 0 Å². The third-order valence-corrected chi connectivity index (χ3v) is 3.14. The molecule has 0 fully saturated rings. The smallest absolute Gasteiger partial charge is 0.123 e. The zero-order valence-electron chi connectivity index (χ0n) is 10.3. The van der Waals surface area contributed by atoms with Gasteiger partial charge in [-0.05, 0) is 36.6 Å². The highest BCUT2D eigenvalue weighted by molar-refractivity contribution is 5.34. The fourth-order valence-electron chi connectivity index (χ4n) is 2.19. The van der Waals surface area contributed by atoms with Crippen LogP contribution in [0.2, 0.25) is 0 Å². The Kier molecular flexibility index (Phi) is 3.58. The largest absolute Gasteiger partial charge is 0.207 e. The molecule has 2 aromatic carbocycles. The SMILES string of the molecule is CCC(c1ccc(C)cc1)c1cccc(F)c1. The average Bonchev–Trinajstić information content (AvgIpc) is 2.33. The number of rotatable bonds is 3. The molecule has 0 heterocycles. The molecule has 0 bridgehead atoms. The van der Waals surface area contributed by atoms with Crippen LogP contribution in [0.3, 0.4) is 0 Å². The van der Waals surface area contributed by atoms with Gasteiger partial charge in [0.15, 0.2) is 0 Å². The van der Waals surface area contributed by atoms with Gasteiger partial charge in [-0.3, -0.25) is 0 Å². The molecule has 17 heavy (non-hydrogen) atoms. The summed E-state index contributed by atoms with van der Waals surface area (Å²) in [6.07, 6.45) is 0.979. The van der Waals surface area contributed by atoms with Crippen molar-refractivity contribution in [3.8, 4) is 0 Å². The Labute approximate surface area is 102 Å². The third kappa shape index (κ3) is 2.73. The Bertz CT molecular complexity index is 485. The van der Waals surface area contributed by atoms with E-state index in [0.717, 1.165) is 12.0 Å². The van der Waals surface area contributed by atoms with Crippen molar-refractivity contribution in [1.82, 2.24) is 0 Å². The molecule has 0 N–H and O–H groups in total. The van der Waals surface area contributed by atoms with Crippen LogP contribution < -0.4 is 0 Å². The molecule has 0 aliphatic carbocycles. The maximum Gasteiger partial charge on any atom is 0.123 e. The summed E-state index contributed by atoms with van der Waals surface area (Å²) in [4.78, 5) is 0. The Morgan fingerprint density at radius 3 is 2.29 bits per heavy atom. The van der Waals surface area contributed by atoms with E-state index in [0.29, 0.717) is 0 Å². The lowest BCUT2D eigenvalue weighted by atomic mass is 9.89. The second-order valence-corrected chi connectivity index (χ2v) is 4.43. The molecule has 0 amide bonds. The van der Waals surface area contributed by atoms with Crippen LogP contribution in [0.5, 0.6) is 0 Å². The molecule has 0 aromatic heterocycles. The van der Waals surface area contributed by atoms with E-state index in [1.807, 2.05) is 6.07 Å². The lowest BCUT2D eigenvalue weighted by Gasteiger charge is -2.16. The monoisotopic (exact) mass is 228 g/mol. The first-order valence-corrected chi connectivity index (χ1v) is 6.02. The van der Waals surface area contributed by atoms with Gasteiger partial charge in [-0.25, -0.2) is 4.39 Å². The Morgan fingerprint density at radius 1 is 1.00 bits per heavy atom. The Balaban J connectivity index is 2.36. The molecular weight excluding hydrogens is 211 g/mol. The van der Waals surface area contributed by atoms with E-state index in [-0.39, 0.29) is 11.7 Å². The first kappa shape index (κ1) is 11.8. The number of hydrogen-bond acceptors (Lipinski definition) is 0. The van der Waals surface area contributed by atoms with Gasteiger partial charge >= 0.3 is 0 Å². The van der Waals surface area contributed by atoms with Crippen LogP contribution in [0.15, 0.2) is 48.5 Å². The lowest BCUT2D eigenvalue weighted by Crippen LogP contribution is -2.00. The number of benzene rings is 2. The third-order valence-electron chi connectivity index (χ3n) is 3.14. The standard InChI is InChI=1S/C16H17F/c1-3-16(13-9-7-12(2)8-10-13)14-5-4-6-15(17)11-14/h4-11,16H,3H2,1-2H3. The molecule has 1 unspecified atom stereocenters. The van der Waals surface area contributed by atoms with Gasteiger partial charge in [-0.2, -0.15) is 0 Å². The second kappa shape index (κ2) is 5.13. The molecule has 1 heteroatoms. The highest BCUT2D eigenvalue weighted by Crippen LogP contribution is 2.28. The quantitative estimate of drug-likeness (QED) is 0.715. The van der Waals surface area contributed by atoms with E-state index in [2.05, 4.69) is 38.1 Å². The first-order chi connectivity index (χ1) is 8.20. The normalized spacial score (nSPS) is 12.4. The predicted molar refractivity (Wildman–Crippen MR) is 69.7 cm³/mol. The maximum absolute atomic E-state index is 13.2. The minimum Gasteiger partial charge on any atom is -0.207 e. The number of hydrogen-bond donors (Lipinski definition) is 0. The van der Waals surface area contributed by atoms with Gasteiger partial charge in [-0.15, -0.1) is 0 Å². The van der Waals surface area contributed by atoms with E-state index >= 15 is 0 Å². The van der Waals surface area contributed by atoms with E-state index in [1.165, 1.54) is 17.2 Å². The molecule has 1 atom stereocenters. The maximum atomic E-state index is 13.2. The van der Waals surface area contributed by atoms with Gasteiger partial charge in [0.2, 0.25) is 0 Å². The highest BCUT2D eigenvalue weighted by atomic mass is 19.1. The fourth-order valence-corrected chi connectivity index (χ4v) is 2.19. The Hall–Kier alpha value is -1.63. The summed E-state index contributed by atoms with van der Waals surface area (Å²) in [6, 6.07) is 15.4. The lowest BCUT2D eigenvalue weighted by molar-refractivity contribution is 0.622. The number of aryl methyl sites for hydroxylation is 1. The van der Waals surface area contributed by atoms with Crippen molar-refractivity contribution in [3.05, 3.63) is 71.0 Å². The highest BCUT2D eigenvalue weighted by Gasteiger charge is 2.12. The second-order valence-electron chi connectivity index (χ2n) is 4.43. The summed E-state index contributed by atoms with van der Waals surface area (Å²) in [6.45, 7) is 4.21. The van der Waals surface area contributed by atoms with E-state index in [4.69, 9.17) is 0 Å². The first-order valence-electron chi connectivity index (χ1n) is 6.02. The van der Waals surface area contributed by atoms with Gasteiger partial charge in [-0.1, -0.05) is 48.9 Å². The van der Waals surface area contributed by atoms with Gasteiger partial charge in [0.05, 0.1) is 0 Å². The summed E-state index contributed by atoms with van der Waals surface area (Å²) in [7, 11) is 0. The minimum atomic E-state index is -0.159. The molecule has 0 saturated carbocycles. The van der Waals surface area contributed by atoms with Crippen LogP contribution in [-0.4, -0.2) is 0 Å². The van der Waals surface area contributed by atoms with E-state index < -0.39 is 0 Å². The van der Waals surface area contributed by atoms with Crippen LogP contribution in [-0.2, 0) is 0 Å². The minimum absolute atomic E-state index is 0.159. The van der Waals surface area contributed by atoms with Gasteiger partial charge in [0, 0.05) is 5.92 Å². The van der Waals surface area contributed by atoms with Crippen molar-refractivity contribution in [1.29, 1.82) is 0 Å². The number of halogens is 1. The van der Waals surface area contributed by atoms with Crippen molar-refractivity contribution >= 4 is 0 Å². The fraction of sp³-hybridized carbons (Fsp3) is 0.250. The zero-order chi connectivity index (χ0) is 12.3. The molecule has 0 radical (unpaired) electrons. The molecular formula is C16H17F. The van der Waals surface area contributed by atoms with Crippen LogP contribution >= 0.6 is 0 Å². The van der Waals surface area contributed by atoms with Gasteiger partial charge < -0.3 is 0 Å². The summed E-state index contributed by atoms with van der Waals surface area (Å²) >= 11 is 0.